The summed E-state index contributed by atoms with van der Waals surface area (Å²) in [6.45, 7) is 9.20. The molecule has 2 unspecified atom stereocenters. The first-order chi connectivity index (χ1) is 12.7. The van der Waals surface area contributed by atoms with Gasteiger partial charge in [0, 0.05) is 13.3 Å². The van der Waals surface area contributed by atoms with Gasteiger partial charge in [0.05, 0.1) is 13.1 Å². The van der Waals surface area contributed by atoms with E-state index in [1.165, 1.54) is 82.9 Å². The fourth-order valence-corrected chi connectivity index (χ4v) is 4.11. The number of unbranched alkanes of at least 4 members (excludes halogenated alkanes) is 10. The second-order valence-electron chi connectivity index (χ2n) is 7.98. The van der Waals surface area contributed by atoms with Crippen molar-refractivity contribution < 1.29 is 9.59 Å². The van der Waals surface area contributed by atoms with E-state index in [0.717, 1.165) is 26.1 Å². The van der Waals surface area contributed by atoms with Gasteiger partial charge in [-0.05, 0) is 39.0 Å². The number of hydrogen-bond acceptors (Lipinski definition) is 2. The van der Waals surface area contributed by atoms with Crippen molar-refractivity contribution in [1.82, 2.24) is 0 Å². The summed E-state index contributed by atoms with van der Waals surface area (Å²) < 4.78 is 0.713. The fraction of sp³-hybridized carbons (Fsp3) is 0.870. The Morgan fingerprint density at radius 1 is 0.923 bits per heavy atom. The molecule has 1 rings (SSSR count). The average Bonchev–Trinajstić information content (AvgIpc) is 3.06. The number of allylic oxidation sites excluding steroid dienone is 2. The van der Waals surface area contributed by atoms with Crippen molar-refractivity contribution in [3.05, 3.63) is 12.2 Å². The van der Waals surface area contributed by atoms with Crippen LogP contribution in [-0.2, 0) is 0 Å². The first kappa shape index (κ1) is 23.4. The molecule has 26 heavy (non-hydrogen) atoms. The van der Waals surface area contributed by atoms with Crippen molar-refractivity contribution in [3.63, 3.8) is 0 Å². The van der Waals surface area contributed by atoms with Crippen molar-refractivity contribution in [2.75, 3.05) is 19.6 Å². The Hall–Kier alpha value is -0.670. The largest absolute Gasteiger partial charge is 0.345 e. The lowest BCUT2D eigenvalue weighted by molar-refractivity contribution is -0.882. The molecule has 1 aliphatic heterocycles. The smallest absolute Gasteiger partial charge is 0.200 e. The highest BCUT2D eigenvalue weighted by molar-refractivity contribution is 5.76. The Morgan fingerprint density at radius 2 is 1.50 bits per heavy atom. The Balaban J connectivity index is 1.97. The van der Waals surface area contributed by atoms with E-state index >= 15 is 0 Å². The molecule has 3 heteroatoms. The SMILES string of the molecule is CCCCCC/C=C/CCCCCCCCC1=NCC[N+]1(CC)C(C)O. The highest BCUT2D eigenvalue weighted by Gasteiger charge is 2.40. The van der Waals surface area contributed by atoms with Crippen LogP contribution in [-0.4, -0.2) is 41.3 Å². The number of likely N-dealkylation sites (N-methyl/N-ethyl adjacent to an activating group) is 1. The zero-order valence-electron chi connectivity index (χ0n) is 17.9. The predicted molar refractivity (Wildman–Crippen MR) is 114 cm³/mol. The van der Waals surface area contributed by atoms with Gasteiger partial charge in [0.2, 0.25) is 5.84 Å². The fourth-order valence-electron chi connectivity index (χ4n) is 4.11. The van der Waals surface area contributed by atoms with Crippen LogP contribution in [0.5, 0.6) is 0 Å². The van der Waals surface area contributed by atoms with Gasteiger partial charge in [0.1, 0.15) is 6.54 Å². The Morgan fingerprint density at radius 3 is 2.08 bits per heavy atom. The van der Waals surface area contributed by atoms with Crippen LogP contribution in [0.2, 0.25) is 0 Å². The highest BCUT2D eigenvalue weighted by Crippen LogP contribution is 2.23. The minimum absolute atomic E-state index is 0.319. The molecule has 0 fully saturated rings. The molecule has 0 bridgehead atoms. The number of rotatable bonds is 16. The monoisotopic (exact) mass is 365 g/mol. The molecule has 0 spiro atoms. The summed E-state index contributed by atoms with van der Waals surface area (Å²) in [6.07, 6.45) is 21.5. The van der Waals surface area contributed by atoms with Crippen LogP contribution in [0.3, 0.4) is 0 Å². The molecule has 0 radical (unpaired) electrons. The number of nitrogens with zero attached hydrogens (tertiary/aromatic N) is 2. The molecular formula is C23H45N2O+. The van der Waals surface area contributed by atoms with E-state index in [4.69, 9.17) is 4.99 Å². The second kappa shape index (κ2) is 14.4. The average molecular weight is 366 g/mol. The van der Waals surface area contributed by atoms with Gasteiger partial charge in [-0.3, -0.25) is 4.48 Å². The van der Waals surface area contributed by atoms with Gasteiger partial charge in [-0.2, -0.15) is 0 Å². The molecule has 2 atom stereocenters. The van der Waals surface area contributed by atoms with E-state index in [9.17, 15) is 5.11 Å². The van der Waals surface area contributed by atoms with E-state index in [1.54, 1.807) is 0 Å². The van der Waals surface area contributed by atoms with Crippen molar-refractivity contribution in [2.45, 2.75) is 110 Å². The van der Waals surface area contributed by atoms with Gasteiger partial charge >= 0.3 is 0 Å². The van der Waals surface area contributed by atoms with E-state index in [1.807, 2.05) is 6.92 Å². The molecular weight excluding hydrogens is 320 g/mol. The van der Waals surface area contributed by atoms with Gasteiger partial charge in [0.25, 0.3) is 0 Å². The second-order valence-corrected chi connectivity index (χ2v) is 7.98. The molecule has 1 heterocycles. The number of amidine groups is 1. The molecule has 0 aliphatic carbocycles. The van der Waals surface area contributed by atoms with Gasteiger partial charge in [-0.1, -0.05) is 64.0 Å². The van der Waals surface area contributed by atoms with Crippen LogP contribution in [0.25, 0.3) is 0 Å². The lowest BCUT2D eigenvalue weighted by Gasteiger charge is -2.36. The van der Waals surface area contributed by atoms with Crippen molar-refractivity contribution >= 4 is 5.84 Å². The molecule has 152 valence electrons. The summed E-state index contributed by atoms with van der Waals surface area (Å²) in [5.41, 5.74) is 0. The van der Waals surface area contributed by atoms with Gasteiger partial charge < -0.3 is 5.11 Å². The van der Waals surface area contributed by atoms with Crippen LogP contribution in [0.4, 0.5) is 0 Å². The third-order valence-electron chi connectivity index (χ3n) is 6.00. The lowest BCUT2D eigenvalue weighted by atomic mass is 10.1. The Kier molecular flexibility index (Phi) is 12.9. The summed E-state index contributed by atoms with van der Waals surface area (Å²) in [6, 6.07) is 0. The van der Waals surface area contributed by atoms with E-state index in [0.29, 0.717) is 4.48 Å². The van der Waals surface area contributed by atoms with Crippen molar-refractivity contribution in [3.8, 4) is 0 Å². The van der Waals surface area contributed by atoms with E-state index < -0.39 is 0 Å². The first-order valence-electron chi connectivity index (χ1n) is 11.4. The summed E-state index contributed by atoms with van der Waals surface area (Å²) in [7, 11) is 0. The number of aliphatic hydroxyl groups is 1. The standard InChI is InChI=1S/C23H45N2O/c1-4-6-7-8-9-10-11-12-13-14-15-16-17-18-19-23-24-20-21-25(23,5-2)22(3)26/h10-11,22,26H,4-9,12-21H2,1-3H3/q+1/b11-10+. The highest BCUT2D eigenvalue weighted by atomic mass is 16.3. The Labute approximate surface area is 163 Å². The van der Waals surface area contributed by atoms with Gasteiger partial charge in [0.15, 0.2) is 6.23 Å². The molecule has 0 aromatic rings. The minimum atomic E-state index is -0.319. The molecule has 3 nitrogen and oxygen atoms in total. The molecule has 0 aromatic heterocycles. The molecule has 0 aromatic carbocycles. The van der Waals surface area contributed by atoms with Crippen LogP contribution >= 0.6 is 0 Å². The van der Waals surface area contributed by atoms with Crippen LogP contribution in [0.15, 0.2) is 17.1 Å². The first-order valence-corrected chi connectivity index (χ1v) is 11.4. The quantitative estimate of drug-likeness (QED) is 0.196. The van der Waals surface area contributed by atoms with Crippen LogP contribution in [0.1, 0.15) is 104 Å². The number of aliphatic hydroxyl groups excluding tert-OH is 1. The molecule has 0 saturated heterocycles. The molecule has 1 N–H and O–H groups in total. The topological polar surface area (TPSA) is 32.6 Å². The maximum Gasteiger partial charge on any atom is 0.200 e. The van der Waals surface area contributed by atoms with Crippen LogP contribution in [0, 0.1) is 0 Å². The van der Waals surface area contributed by atoms with E-state index in [-0.39, 0.29) is 6.23 Å². The minimum Gasteiger partial charge on any atom is -0.345 e. The molecule has 0 amide bonds. The van der Waals surface area contributed by atoms with E-state index in [2.05, 4.69) is 26.0 Å². The van der Waals surface area contributed by atoms with Gasteiger partial charge in [-0.15, -0.1) is 0 Å². The Bertz CT molecular complexity index is 403. The summed E-state index contributed by atoms with van der Waals surface area (Å²) >= 11 is 0. The third-order valence-corrected chi connectivity index (χ3v) is 6.00. The van der Waals surface area contributed by atoms with Crippen LogP contribution < -0.4 is 0 Å². The zero-order chi connectivity index (χ0) is 19.1. The zero-order valence-corrected chi connectivity index (χ0v) is 17.9. The molecule has 0 saturated carbocycles. The molecule has 1 aliphatic rings. The normalized spacial score (nSPS) is 21.5. The van der Waals surface area contributed by atoms with Crippen molar-refractivity contribution in [2.24, 2.45) is 4.99 Å². The lowest BCUT2D eigenvalue weighted by Crippen LogP contribution is -2.56. The maximum atomic E-state index is 10.2. The summed E-state index contributed by atoms with van der Waals surface area (Å²) in [5, 5.41) is 10.2. The van der Waals surface area contributed by atoms with Gasteiger partial charge in [-0.25, -0.2) is 4.99 Å². The number of quaternary nitrogens is 1. The summed E-state index contributed by atoms with van der Waals surface area (Å²) in [4.78, 5) is 4.70. The maximum absolute atomic E-state index is 10.2. The third kappa shape index (κ3) is 8.35. The summed E-state index contributed by atoms with van der Waals surface area (Å²) in [5.74, 6) is 1.24. The van der Waals surface area contributed by atoms with Crippen molar-refractivity contribution in [1.29, 1.82) is 0 Å². The number of aliphatic imine (C=N–C) groups is 1. The predicted octanol–water partition coefficient (Wildman–Crippen LogP) is 6.22. The number of hydrogen-bond donors (Lipinski definition) is 1.